The fourth-order valence-corrected chi connectivity index (χ4v) is 3.80. The lowest BCUT2D eigenvalue weighted by Crippen LogP contribution is -2.48. The van der Waals surface area contributed by atoms with Crippen LogP contribution in [0.5, 0.6) is 0 Å². The van der Waals surface area contributed by atoms with Crippen molar-refractivity contribution < 1.29 is 9.53 Å². The Bertz CT molecular complexity index is 301. The van der Waals surface area contributed by atoms with Gasteiger partial charge in [0.05, 0.1) is 0 Å². The van der Waals surface area contributed by atoms with Crippen LogP contribution in [0.15, 0.2) is 0 Å². The number of ether oxygens (including phenoxy) is 1. The zero-order chi connectivity index (χ0) is 13.9. The second-order valence-corrected chi connectivity index (χ2v) is 7.42. The summed E-state index contributed by atoms with van der Waals surface area (Å²) >= 11 is 0. The average Bonchev–Trinajstić information content (AvgIpc) is 2.67. The van der Waals surface area contributed by atoms with Crippen LogP contribution < -0.4 is 0 Å². The van der Waals surface area contributed by atoms with Crippen LogP contribution in [0.2, 0.25) is 0 Å². The third-order valence-electron chi connectivity index (χ3n) is 5.48. The van der Waals surface area contributed by atoms with Gasteiger partial charge in [-0.2, -0.15) is 0 Å². The predicted octanol–water partition coefficient (Wildman–Crippen LogP) is 4.51. The average molecular weight is 266 g/mol. The largest absolute Gasteiger partial charge is 0.370 e. The van der Waals surface area contributed by atoms with Crippen LogP contribution >= 0.6 is 0 Å². The van der Waals surface area contributed by atoms with Crippen molar-refractivity contribution in [3.63, 3.8) is 0 Å². The number of methoxy groups -OCH3 is 1. The van der Waals surface area contributed by atoms with E-state index < -0.39 is 5.60 Å². The van der Waals surface area contributed by atoms with E-state index in [1.807, 2.05) is 0 Å². The zero-order valence-corrected chi connectivity index (χ0v) is 13.0. The van der Waals surface area contributed by atoms with Gasteiger partial charge in [-0.1, -0.05) is 39.5 Å². The van der Waals surface area contributed by atoms with E-state index in [9.17, 15) is 4.79 Å². The summed E-state index contributed by atoms with van der Waals surface area (Å²) in [5.74, 6) is 0.691. The first-order valence-corrected chi connectivity index (χ1v) is 8.09. The van der Waals surface area contributed by atoms with Crippen molar-refractivity contribution in [2.45, 2.75) is 83.7 Å². The van der Waals surface area contributed by atoms with E-state index in [-0.39, 0.29) is 5.92 Å². The van der Waals surface area contributed by atoms with Gasteiger partial charge in [-0.3, -0.25) is 4.79 Å². The number of carbonyl (C=O) groups is 1. The normalized spacial score (nSPS) is 27.7. The summed E-state index contributed by atoms with van der Waals surface area (Å²) in [6, 6.07) is 0. The predicted molar refractivity (Wildman–Crippen MR) is 78.2 cm³/mol. The first-order valence-electron chi connectivity index (χ1n) is 8.09. The molecule has 19 heavy (non-hydrogen) atoms. The number of ketones is 1. The van der Waals surface area contributed by atoms with Crippen molar-refractivity contribution in [3.8, 4) is 0 Å². The molecule has 2 heteroatoms. The van der Waals surface area contributed by atoms with Crippen LogP contribution in [0.4, 0.5) is 0 Å². The molecule has 0 aromatic heterocycles. The summed E-state index contributed by atoms with van der Waals surface area (Å²) < 4.78 is 5.78. The molecule has 0 heterocycles. The molecule has 2 aliphatic carbocycles. The highest BCUT2D eigenvalue weighted by atomic mass is 16.5. The molecule has 0 N–H and O–H groups in total. The van der Waals surface area contributed by atoms with Gasteiger partial charge in [-0.25, -0.2) is 0 Å². The van der Waals surface area contributed by atoms with Crippen molar-refractivity contribution in [2.24, 2.45) is 11.3 Å². The van der Waals surface area contributed by atoms with E-state index in [0.29, 0.717) is 11.2 Å². The first-order chi connectivity index (χ1) is 8.99. The fraction of sp³-hybridized carbons (Fsp3) is 0.941. The molecule has 0 atom stereocenters. The molecule has 0 amide bonds. The lowest BCUT2D eigenvalue weighted by Gasteiger charge is -2.43. The van der Waals surface area contributed by atoms with Crippen molar-refractivity contribution in [3.05, 3.63) is 0 Å². The van der Waals surface area contributed by atoms with Crippen molar-refractivity contribution >= 4 is 5.78 Å². The van der Waals surface area contributed by atoms with Gasteiger partial charge in [-0.15, -0.1) is 0 Å². The quantitative estimate of drug-likeness (QED) is 0.702. The summed E-state index contributed by atoms with van der Waals surface area (Å²) in [6.45, 7) is 4.62. The van der Waals surface area contributed by atoms with E-state index in [2.05, 4.69) is 13.8 Å². The lowest BCUT2D eigenvalue weighted by atomic mass is 9.67. The molecular formula is C17H30O2. The van der Waals surface area contributed by atoms with Crippen LogP contribution in [0, 0.1) is 11.3 Å². The molecule has 2 nitrogen and oxygen atoms in total. The highest BCUT2D eigenvalue weighted by Crippen LogP contribution is 2.44. The van der Waals surface area contributed by atoms with Gasteiger partial charge in [0, 0.05) is 13.0 Å². The van der Waals surface area contributed by atoms with Gasteiger partial charge in [0.25, 0.3) is 0 Å². The Balaban J connectivity index is 2.06. The molecule has 0 aliphatic heterocycles. The van der Waals surface area contributed by atoms with Crippen LogP contribution in [0.25, 0.3) is 0 Å². The highest BCUT2D eigenvalue weighted by molar-refractivity contribution is 5.89. The second kappa shape index (κ2) is 5.95. The Morgan fingerprint density at radius 1 is 0.947 bits per heavy atom. The van der Waals surface area contributed by atoms with Gasteiger partial charge in [0.1, 0.15) is 5.60 Å². The monoisotopic (exact) mass is 266 g/mol. The van der Waals surface area contributed by atoms with Gasteiger partial charge < -0.3 is 4.74 Å². The van der Waals surface area contributed by atoms with Gasteiger partial charge in [0.15, 0.2) is 5.78 Å². The molecule has 0 aromatic carbocycles. The molecule has 0 aromatic rings. The second-order valence-electron chi connectivity index (χ2n) is 7.42. The number of hydrogen-bond acceptors (Lipinski definition) is 2. The summed E-state index contributed by atoms with van der Waals surface area (Å²) in [5, 5.41) is 0. The van der Waals surface area contributed by atoms with Crippen LogP contribution in [0.1, 0.15) is 78.1 Å². The molecule has 0 saturated heterocycles. The molecule has 2 rings (SSSR count). The Morgan fingerprint density at radius 2 is 1.47 bits per heavy atom. The number of rotatable bonds is 3. The fourth-order valence-electron chi connectivity index (χ4n) is 3.80. The van der Waals surface area contributed by atoms with E-state index >= 15 is 0 Å². The van der Waals surface area contributed by atoms with E-state index in [0.717, 1.165) is 38.5 Å². The van der Waals surface area contributed by atoms with Crippen LogP contribution in [-0.4, -0.2) is 18.5 Å². The van der Waals surface area contributed by atoms with E-state index in [1.54, 1.807) is 7.11 Å². The Morgan fingerprint density at radius 3 is 1.95 bits per heavy atom. The Kier molecular flexibility index (Phi) is 4.70. The van der Waals surface area contributed by atoms with Crippen molar-refractivity contribution in [1.29, 1.82) is 0 Å². The van der Waals surface area contributed by atoms with Crippen LogP contribution in [-0.2, 0) is 9.53 Å². The Labute approximate surface area is 118 Å². The third-order valence-corrected chi connectivity index (χ3v) is 5.48. The minimum absolute atomic E-state index is 0.267. The number of Topliss-reactive ketones (excluding diaryl/α,β-unsaturated/α-hetero) is 1. The maximum atomic E-state index is 12.9. The molecule has 2 saturated carbocycles. The van der Waals surface area contributed by atoms with Crippen LogP contribution in [0.3, 0.4) is 0 Å². The molecule has 0 spiro atoms. The molecule has 2 aliphatic rings. The number of carbonyl (C=O) groups excluding carboxylic acids is 1. The molecular weight excluding hydrogens is 236 g/mol. The van der Waals surface area contributed by atoms with Crippen molar-refractivity contribution in [2.75, 3.05) is 7.11 Å². The maximum Gasteiger partial charge on any atom is 0.167 e. The third kappa shape index (κ3) is 3.39. The number of hydrogen-bond donors (Lipinski definition) is 0. The SMILES string of the molecule is COC1(C(=O)C2CCCCCC2)CCC(C)(C)CC1. The maximum absolute atomic E-state index is 12.9. The molecule has 2 fully saturated rings. The first kappa shape index (κ1) is 15.0. The van der Waals surface area contributed by atoms with Gasteiger partial charge in [-0.05, 0) is 43.9 Å². The lowest BCUT2D eigenvalue weighted by molar-refractivity contribution is -0.152. The van der Waals surface area contributed by atoms with E-state index in [1.165, 1.54) is 25.7 Å². The standard InChI is InChI=1S/C17H30O2/c1-16(2)10-12-17(19-3,13-11-16)15(18)14-8-6-4-5-7-9-14/h14H,4-13H2,1-3H3. The highest BCUT2D eigenvalue weighted by Gasteiger charge is 2.46. The summed E-state index contributed by atoms with van der Waals surface area (Å²) in [5.41, 5.74) is -0.0731. The summed E-state index contributed by atoms with van der Waals surface area (Å²) in [4.78, 5) is 12.9. The Hall–Kier alpha value is -0.370. The van der Waals surface area contributed by atoms with Crippen molar-refractivity contribution in [1.82, 2.24) is 0 Å². The summed E-state index contributed by atoms with van der Waals surface area (Å²) in [6.07, 6.45) is 11.3. The minimum Gasteiger partial charge on any atom is -0.370 e. The zero-order valence-electron chi connectivity index (χ0n) is 13.0. The molecule has 0 bridgehead atoms. The smallest absolute Gasteiger partial charge is 0.167 e. The molecule has 110 valence electrons. The molecule has 0 radical (unpaired) electrons. The molecule has 0 unspecified atom stereocenters. The van der Waals surface area contributed by atoms with Gasteiger partial charge >= 0.3 is 0 Å². The van der Waals surface area contributed by atoms with E-state index in [4.69, 9.17) is 4.74 Å². The topological polar surface area (TPSA) is 26.3 Å². The summed E-state index contributed by atoms with van der Waals surface area (Å²) in [7, 11) is 1.74. The van der Waals surface area contributed by atoms with Gasteiger partial charge in [0.2, 0.25) is 0 Å². The minimum atomic E-state index is -0.454.